The molecule has 1 saturated heterocycles. The molecule has 0 aromatic carbocycles. The lowest BCUT2D eigenvalue weighted by molar-refractivity contribution is 1.13. The van der Waals surface area contributed by atoms with E-state index in [1.165, 1.54) is 11.0 Å². The first-order valence-electron chi connectivity index (χ1n) is 1.73. The minimum absolute atomic E-state index is 0.871. The summed E-state index contributed by atoms with van der Waals surface area (Å²) < 4.78 is 1.28. The smallest absolute Gasteiger partial charge is 0.0282 e. The standard InChI is InChI=1S/C3H6IN/c4-1-3-2-5-3/h3,5H,1-2H2. The summed E-state index contributed by atoms with van der Waals surface area (Å²) in [5, 5.41) is 3.18. The van der Waals surface area contributed by atoms with E-state index < -0.39 is 0 Å². The van der Waals surface area contributed by atoms with E-state index in [2.05, 4.69) is 27.9 Å². The Morgan fingerprint density at radius 1 is 2.00 bits per heavy atom. The molecule has 1 N–H and O–H groups in total. The van der Waals surface area contributed by atoms with Gasteiger partial charge in [0.25, 0.3) is 0 Å². The lowest BCUT2D eigenvalue weighted by atomic mass is 10.6. The molecule has 0 amide bonds. The summed E-state index contributed by atoms with van der Waals surface area (Å²) in [5.41, 5.74) is 0. The molecular formula is C3H6IN. The molecule has 0 aromatic heterocycles. The number of nitrogens with one attached hydrogen (secondary N) is 1. The summed E-state index contributed by atoms with van der Waals surface area (Å²) >= 11 is 2.38. The lowest BCUT2D eigenvalue weighted by Gasteiger charge is -1.69. The monoisotopic (exact) mass is 183 g/mol. The Morgan fingerprint density at radius 2 is 2.60 bits per heavy atom. The molecule has 30 valence electrons. The third kappa shape index (κ3) is 1.05. The van der Waals surface area contributed by atoms with Gasteiger partial charge in [0, 0.05) is 17.0 Å². The molecule has 1 nitrogen and oxygen atoms in total. The van der Waals surface area contributed by atoms with Gasteiger partial charge in [-0.15, -0.1) is 0 Å². The van der Waals surface area contributed by atoms with Crippen LogP contribution in [0, 0.1) is 0 Å². The van der Waals surface area contributed by atoms with Crippen LogP contribution in [0.1, 0.15) is 0 Å². The van der Waals surface area contributed by atoms with Gasteiger partial charge in [0.2, 0.25) is 0 Å². The highest BCUT2D eigenvalue weighted by molar-refractivity contribution is 14.1. The van der Waals surface area contributed by atoms with E-state index in [9.17, 15) is 0 Å². The summed E-state index contributed by atoms with van der Waals surface area (Å²) in [7, 11) is 0. The molecule has 5 heavy (non-hydrogen) atoms. The van der Waals surface area contributed by atoms with Crippen molar-refractivity contribution in [2.75, 3.05) is 11.0 Å². The second-order valence-electron chi connectivity index (χ2n) is 1.26. The van der Waals surface area contributed by atoms with Gasteiger partial charge >= 0.3 is 0 Å². The number of halogens is 1. The van der Waals surface area contributed by atoms with E-state index in [1.807, 2.05) is 0 Å². The van der Waals surface area contributed by atoms with Crippen LogP contribution in [0.15, 0.2) is 0 Å². The van der Waals surface area contributed by atoms with Crippen LogP contribution in [-0.4, -0.2) is 17.0 Å². The zero-order valence-corrected chi connectivity index (χ0v) is 5.03. The molecule has 1 unspecified atom stereocenters. The van der Waals surface area contributed by atoms with E-state index >= 15 is 0 Å². The molecule has 1 fully saturated rings. The van der Waals surface area contributed by atoms with Crippen LogP contribution in [0.3, 0.4) is 0 Å². The van der Waals surface area contributed by atoms with Crippen LogP contribution in [0.2, 0.25) is 0 Å². The van der Waals surface area contributed by atoms with Crippen molar-refractivity contribution < 1.29 is 0 Å². The highest BCUT2D eigenvalue weighted by Crippen LogP contribution is 1.99. The fraction of sp³-hybridized carbons (Fsp3) is 1.00. The Balaban J connectivity index is 2.00. The topological polar surface area (TPSA) is 21.9 Å². The summed E-state index contributed by atoms with van der Waals surface area (Å²) in [5.74, 6) is 0. The van der Waals surface area contributed by atoms with Crippen molar-refractivity contribution in [3.05, 3.63) is 0 Å². The van der Waals surface area contributed by atoms with Crippen molar-refractivity contribution >= 4 is 22.6 Å². The SMILES string of the molecule is ICC1CN1. The van der Waals surface area contributed by atoms with Crippen molar-refractivity contribution in [2.45, 2.75) is 6.04 Å². The fourth-order valence-corrected chi connectivity index (χ4v) is 0.815. The average Bonchev–Trinajstić information content (AvgIpc) is 2.12. The molecule has 2 heteroatoms. The Labute approximate surface area is 45.3 Å². The van der Waals surface area contributed by atoms with E-state index in [1.54, 1.807) is 0 Å². The van der Waals surface area contributed by atoms with E-state index in [0.29, 0.717) is 0 Å². The molecule has 1 atom stereocenters. The van der Waals surface area contributed by atoms with Crippen molar-refractivity contribution in [1.29, 1.82) is 0 Å². The zero-order chi connectivity index (χ0) is 3.70. The van der Waals surface area contributed by atoms with Gasteiger partial charge < -0.3 is 5.32 Å². The van der Waals surface area contributed by atoms with Gasteiger partial charge in [-0.05, 0) is 0 Å². The molecule has 1 rings (SSSR count). The normalized spacial score (nSPS) is 34.2. The molecule has 1 heterocycles. The molecule has 1 aliphatic rings. The fourth-order valence-electron chi connectivity index (χ4n) is 0.192. The van der Waals surface area contributed by atoms with Crippen LogP contribution in [-0.2, 0) is 0 Å². The number of alkyl halides is 1. The first-order valence-corrected chi connectivity index (χ1v) is 3.25. The Hall–Kier alpha value is 0.690. The maximum absolute atomic E-state index is 3.18. The lowest BCUT2D eigenvalue weighted by Crippen LogP contribution is -1.86. The maximum atomic E-state index is 3.18. The quantitative estimate of drug-likeness (QED) is 0.354. The first kappa shape index (κ1) is 3.87. The summed E-state index contributed by atoms with van der Waals surface area (Å²) in [4.78, 5) is 0. The van der Waals surface area contributed by atoms with E-state index in [-0.39, 0.29) is 0 Å². The Bertz CT molecular complexity index is 33.9. The first-order chi connectivity index (χ1) is 2.43. The van der Waals surface area contributed by atoms with Crippen LogP contribution in [0.4, 0.5) is 0 Å². The van der Waals surface area contributed by atoms with Crippen molar-refractivity contribution in [2.24, 2.45) is 0 Å². The molecule has 1 aliphatic heterocycles. The molecule has 0 aliphatic carbocycles. The van der Waals surface area contributed by atoms with Crippen molar-refractivity contribution in [3.63, 3.8) is 0 Å². The third-order valence-electron chi connectivity index (χ3n) is 0.679. The molecule has 0 spiro atoms. The van der Waals surface area contributed by atoms with Gasteiger partial charge in [-0.25, -0.2) is 0 Å². The highest BCUT2D eigenvalue weighted by Gasteiger charge is 2.16. The molecule has 0 saturated carbocycles. The second kappa shape index (κ2) is 1.43. The predicted molar refractivity (Wildman–Crippen MR) is 30.7 cm³/mol. The average molecular weight is 183 g/mol. The van der Waals surface area contributed by atoms with E-state index in [4.69, 9.17) is 0 Å². The minimum Gasteiger partial charge on any atom is -0.310 e. The number of hydrogen-bond acceptors (Lipinski definition) is 1. The largest absolute Gasteiger partial charge is 0.310 e. The van der Waals surface area contributed by atoms with Gasteiger partial charge in [0.15, 0.2) is 0 Å². The minimum atomic E-state index is 0.871. The summed E-state index contributed by atoms with van der Waals surface area (Å²) in [6, 6.07) is 0.871. The van der Waals surface area contributed by atoms with Gasteiger partial charge in [-0.1, -0.05) is 22.6 Å². The molecule has 0 radical (unpaired) electrons. The maximum Gasteiger partial charge on any atom is 0.0282 e. The van der Waals surface area contributed by atoms with Gasteiger partial charge in [0.05, 0.1) is 0 Å². The van der Waals surface area contributed by atoms with Crippen LogP contribution < -0.4 is 5.32 Å². The van der Waals surface area contributed by atoms with Gasteiger partial charge in [-0.3, -0.25) is 0 Å². The molecule has 0 bridgehead atoms. The van der Waals surface area contributed by atoms with Crippen molar-refractivity contribution in [3.8, 4) is 0 Å². The summed E-state index contributed by atoms with van der Waals surface area (Å²) in [6.07, 6.45) is 0. The second-order valence-corrected chi connectivity index (χ2v) is 2.14. The van der Waals surface area contributed by atoms with Crippen LogP contribution >= 0.6 is 22.6 Å². The number of hydrogen-bond donors (Lipinski definition) is 1. The van der Waals surface area contributed by atoms with E-state index in [0.717, 1.165) is 6.04 Å². The Morgan fingerprint density at radius 3 is 2.60 bits per heavy atom. The third-order valence-corrected chi connectivity index (χ3v) is 1.74. The molecular weight excluding hydrogens is 177 g/mol. The van der Waals surface area contributed by atoms with Crippen molar-refractivity contribution in [1.82, 2.24) is 5.32 Å². The molecule has 0 aromatic rings. The number of rotatable bonds is 1. The van der Waals surface area contributed by atoms with Gasteiger partial charge in [-0.2, -0.15) is 0 Å². The Kier molecular flexibility index (Phi) is 1.10. The van der Waals surface area contributed by atoms with Crippen LogP contribution in [0.5, 0.6) is 0 Å². The van der Waals surface area contributed by atoms with Gasteiger partial charge in [0.1, 0.15) is 0 Å². The summed E-state index contributed by atoms with van der Waals surface area (Å²) in [6.45, 7) is 1.25. The highest BCUT2D eigenvalue weighted by atomic mass is 127. The van der Waals surface area contributed by atoms with Crippen LogP contribution in [0.25, 0.3) is 0 Å². The predicted octanol–water partition coefficient (Wildman–Crippen LogP) is 0.393. The zero-order valence-electron chi connectivity index (χ0n) is 2.87.